The lowest BCUT2D eigenvalue weighted by Gasteiger charge is -2.10. The van der Waals surface area contributed by atoms with Gasteiger partial charge in [0.05, 0.1) is 13.1 Å². The van der Waals surface area contributed by atoms with Crippen LogP contribution in [-0.2, 0) is 19.6 Å². The van der Waals surface area contributed by atoms with Crippen LogP contribution in [-0.4, -0.2) is 31.4 Å². The van der Waals surface area contributed by atoms with Gasteiger partial charge >= 0.3 is 0 Å². The molecule has 0 atom stereocenters. The summed E-state index contributed by atoms with van der Waals surface area (Å²) < 4.78 is 4.06. The smallest absolute Gasteiger partial charge is 0.146 e. The van der Waals surface area contributed by atoms with E-state index in [0.717, 1.165) is 24.7 Å². The summed E-state index contributed by atoms with van der Waals surface area (Å²) in [7, 11) is 1.92. The van der Waals surface area contributed by atoms with E-state index in [0.29, 0.717) is 12.5 Å². The van der Waals surface area contributed by atoms with Crippen LogP contribution >= 0.6 is 0 Å². The third kappa shape index (κ3) is 2.95. The highest BCUT2D eigenvalue weighted by Gasteiger charge is 2.09. The highest BCUT2D eigenvalue weighted by Crippen LogP contribution is 2.05. The summed E-state index contributed by atoms with van der Waals surface area (Å²) in [6, 6.07) is 0. The summed E-state index contributed by atoms with van der Waals surface area (Å²) in [4.78, 5) is 8.65. The Labute approximate surface area is 107 Å². The Bertz CT molecular complexity index is 484. The van der Waals surface area contributed by atoms with Gasteiger partial charge in [0.25, 0.3) is 0 Å². The lowest BCUT2D eigenvalue weighted by molar-refractivity contribution is 0.459. The molecule has 0 amide bonds. The Morgan fingerprint density at radius 2 is 2.11 bits per heavy atom. The molecule has 0 aliphatic heterocycles. The molecule has 2 aromatic rings. The van der Waals surface area contributed by atoms with E-state index in [-0.39, 0.29) is 0 Å². The average Bonchev–Trinajstić information content (AvgIpc) is 2.91. The maximum Gasteiger partial charge on any atom is 0.146 e. The van der Waals surface area contributed by atoms with Crippen molar-refractivity contribution in [3.8, 4) is 0 Å². The van der Waals surface area contributed by atoms with Gasteiger partial charge in [-0.25, -0.2) is 14.6 Å². The molecule has 2 aromatic heterocycles. The first kappa shape index (κ1) is 12.8. The molecule has 2 heterocycles. The van der Waals surface area contributed by atoms with Gasteiger partial charge in [0.1, 0.15) is 18.0 Å². The van der Waals surface area contributed by atoms with Crippen LogP contribution in [0.2, 0.25) is 0 Å². The van der Waals surface area contributed by atoms with E-state index < -0.39 is 0 Å². The fourth-order valence-electron chi connectivity index (χ4n) is 1.87. The Kier molecular flexibility index (Phi) is 4.09. The number of hydrogen-bond donors (Lipinski definition) is 1. The monoisotopic (exact) mass is 248 g/mol. The van der Waals surface area contributed by atoms with E-state index in [1.807, 2.05) is 24.1 Å². The van der Waals surface area contributed by atoms with E-state index >= 15 is 0 Å². The summed E-state index contributed by atoms with van der Waals surface area (Å²) in [6.45, 7) is 6.71. The molecular formula is C12H20N6. The van der Waals surface area contributed by atoms with Crippen molar-refractivity contribution in [3.05, 3.63) is 30.4 Å². The van der Waals surface area contributed by atoms with Gasteiger partial charge in [-0.2, -0.15) is 5.10 Å². The van der Waals surface area contributed by atoms with Gasteiger partial charge in [-0.05, 0) is 13.0 Å². The van der Waals surface area contributed by atoms with Crippen molar-refractivity contribution in [2.75, 3.05) is 7.05 Å². The average molecular weight is 248 g/mol. The minimum Gasteiger partial charge on any atom is -0.326 e. The molecule has 98 valence electrons. The van der Waals surface area contributed by atoms with E-state index in [1.165, 1.54) is 0 Å². The second kappa shape index (κ2) is 5.77. The summed E-state index contributed by atoms with van der Waals surface area (Å²) in [5.74, 6) is 2.54. The van der Waals surface area contributed by atoms with Crippen LogP contribution in [0.5, 0.6) is 0 Å². The number of hydrogen-bond acceptors (Lipinski definition) is 4. The Balaban J connectivity index is 2.13. The van der Waals surface area contributed by atoms with Gasteiger partial charge in [-0.1, -0.05) is 13.8 Å². The largest absolute Gasteiger partial charge is 0.326 e. The summed E-state index contributed by atoms with van der Waals surface area (Å²) in [6.07, 6.45) is 5.41. The minimum atomic E-state index is 0.560. The van der Waals surface area contributed by atoms with Gasteiger partial charge in [-0.15, -0.1) is 0 Å². The maximum atomic E-state index is 4.33. The molecule has 6 heteroatoms. The molecule has 2 rings (SSSR count). The first-order chi connectivity index (χ1) is 8.70. The van der Waals surface area contributed by atoms with Crippen LogP contribution in [0.15, 0.2) is 18.7 Å². The number of nitrogens with zero attached hydrogens (tertiary/aromatic N) is 5. The van der Waals surface area contributed by atoms with E-state index in [2.05, 4.69) is 38.8 Å². The standard InChI is InChI=1S/C12H20N6/c1-10(2)7-18-12(15-9-16-18)8-17-5-4-14-11(17)6-13-3/h4-5,9-10,13H,6-8H2,1-3H3. The molecule has 0 aliphatic carbocycles. The van der Waals surface area contributed by atoms with Crippen molar-refractivity contribution in [2.24, 2.45) is 5.92 Å². The van der Waals surface area contributed by atoms with Crippen LogP contribution in [0.1, 0.15) is 25.5 Å². The van der Waals surface area contributed by atoms with Gasteiger partial charge in [0.2, 0.25) is 0 Å². The van der Waals surface area contributed by atoms with Crippen molar-refractivity contribution >= 4 is 0 Å². The van der Waals surface area contributed by atoms with Crippen molar-refractivity contribution in [1.82, 2.24) is 29.6 Å². The zero-order valence-electron chi connectivity index (χ0n) is 11.2. The summed E-state index contributed by atoms with van der Waals surface area (Å²) >= 11 is 0. The van der Waals surface area contributed by atoms with Crippen LogP contribution < -0.4 is 5.32 Å². The van der Waals surface area contributed by atoms with E-state index in [1.54, 1.807) is 6.33 Å². The summed E-state index contributed by atoms with van der Waals surface area (Å²) in [5, 5.41) is 7.38. The third-order valence-corrected chi connectivity index (χ3v) is 2.68. The molecule has 0 saturated carbocycles. The Hall–Kier alpha value is -1.69. The molecule has 1 N–H and O–H groups in total. The SMILES string of the molecule is CNCc1nccn1Cc1ncnn1CC(C)C. The van der Waals surface area contributed by atoms with E-state index in [4.69, 9.17) is 0 Å². The van der Waals surface area contributed by atoms with E-state index in [9.17, 15) is 0 Å². The second-order valence-corrected chi connectivity index (χ2v) is 4.75. The first-order valence-electron chi connectivity index (χ1n) is 6.22. The Morgan fingerprint density at radius 3 is 2.83 bits per heavy atom. The molecule has 0 fully saturated rings. The highest BCUT2D eigenvalue weighted by atomic mass is 15.3. The molecule has 6 nitrogen and oxygen atoms in total. The van der Waals surface area contributed by atoms with Gasteiger partial charge < -0.3 is 9.88 Å². The molecule has 0 aromatic carbocycles. The second-order valence-electron chi connectivity index (χ2n) is 4.75. The zero-order chi connectivity index (χ0) is 13.0. The lowest BCUT2D eigenvalue weighted by atomic mass is 10.2. The highest BCUT2D eigenvalue weighted by molar-refractivity contribution is 4.97. The normalized spacial score (nSPS) is 11.3. The molecule has 0 unspecified atom stereocenters. The fraction of sp³-hybridized carbons (Fsp3) is 0.583. The van der Waals surface area contributed by atoms with Crippen molar-refractivity contribution in [2.45, 2.75) is 33.5 Å². The number of rotatable bonds is 6. The molecular weight excluding hydrogens is 228 g/mol. The maximum absolute atomic E-state index is 4.33. The number of aromatic nitrogens is 5. The van der Waals surface area contributed by atoms with Gasteiger partial charge in [0, 0.05) is 18.9 Å². The zero-order valence-corrected chi connectivity index (χ0v) is 11.2. The van der Waals surface area contributed by atoms with Crippen LogP contribution in [0, 0.1) is 5.92 Å². The topological polar surface area (TPSA) is 60.6 Å². The quantitative estimate of drug-likeness (QED) is 0.825. The van der Waals surface area contributed by atoms with Crippen molar-refractivity contribution in [1.29, 1.82) is 0 Å². The van der Waals surface area contributed by atoms with Crippen LogP contribution in [0.4, 0.5) is 0 Å². The van der Waals surface area contributed by atoms with Crippen molar-refractivity contribution in [3.63, 3.8) is 0 Å². The van der Waals surface area contributed by atoms with Crippen LogP contribution in [0.3, 0.4) is 0 Å². The van der Waals surface area contributed by atoms with Gasteiger partial charge in [-0.3, -0.25) is 0 Å². The minimum absolute atomic E-state index is 0.560. The molecule has 18 heavy (non-hydrogen) atoms. The molecule has 0 bridgehead atoms. The van der Waals surface area contributed by atoms with Crippen LogP contribution in [0.25, 0.3) is 0 Å². The summed E-state index contributed by atoms with van der Waals surface area (Å²) in [5.41, 5.74) is 0. The first-order valence-corrected chi connectivity index (χ1v) is 6.22. The van der Waals surface area contributed by atoms with Gasteiger partial charge in [0.15, 0.2) is 0 Å². The lowest BCUT2D eigenvalue weighted by Crippen LogP contribution is -2.16. The Morgan fingerprint density at radius 1 is 1.28 bits per heavy atom. The predicted molar refractivity (Wildman–Crippen MR) is 69.0 cm³/mol. The number of nitrogens with one attached hydrogen (secondary N) is 1. The van der Waals surface area contributed by atoms with Crippen molar-refractivity contribution < 1.29 is 0 Å². The molecule has 0 radical (unpaired) electrons. The third-order valence-electron chi connectivity index (χ3n) is 2.68. The predicted octanol–water partition coefficient (Wildman–Crippen LogP) is 0.898. The molecule has 0 saturated heterocycles. The fourth-order valence-corrected chi connectivity index (χ4v) is 1.87. The molecule has 0 aliphatic rings. The number of imidazole rings is 1. The molecule has 0 spiro atoms.